The molecular formula is C14H20BrFN2. The quantitative estimate of drug-likeness (QED) is 0.789. The molecule has 1 aromatic carbocycles. The second-order valence-electron chi connectivity index (χ2n) is 4.82. The molecule has 2 nitrogen and oxygen atoms in total. The SMILES string of the molecule is Fc1ccc(Br)cc1CCNCCC1CCCN1. The van der Waals surface area contributed by atoms with E-state index in [9.17, 15) is 4.39 Å². The summed E-state index contributed by atoms with van der Waals surface area (Å²) < 4.78 is 14.4. The highest BCUT2D eigenvalue weighted by Crippen LogP contribution is 2.15. The number of rotatable bonds is 6. The van der Waals surface area contributed by atoms with E-state index < -0.39 is 0 Å². The molecule has 0 spiro atoms. The van der Waals surface area contributed by atoms with E-state index in [0.717, 1.165) is 36.1 Å². The molecule has 0 aliphatic carbocycles. The van der Waals surface area contributed by atoms with E-state index in [4.69, 9.17) is 0 Å². The van der Waals surface area contributed by atoms with E-state index >= 15 is 0 Å². The van der Waals surface area contributed by atoms with Gasteiger partial charge in [0.25, 0.3) is 0 Å². The molecule has 1 aliphatic heterocycles. The predicted molar refractivity (Wildman–Crippen MR) is 76.3 cm³/mol. The van der Waals surface area contributed by atoms with Gasteiger partial charge in [0.15, 0.2) is 0 Å². The zero-order valence-electron chi connectivity index (χ0n) is 10.5. The number of hydrogen-bond donors (Lipinski definition) is 2. The highest BCUT2D eigenvalue weighted by molar-refractivity contribution is 9.10. The van der Waals surface area contributed by atoms with Crippen molar-refractivity contribution in [2.75, 3.05) is 19.6 Å². The molecule has 0 aromatic heterocycles. The van der Waals surface area contributed by atoms with Crippen molar-refractivity contribution in [3.05, 3.63) is 34.1 Å². The van der Waals surface area contributed by atoms with Gasteiger partial charge in [-0.15, -0.1) is 0 Å². The number of hydrogen-bond acceptors (Lipinski definition) is 2. The van der Waals surface area contributed by atoms with Gasteiger partial charge in [0.05, 0.1) is 0 Å². The van der Waals surface area contributed by atoms with Crippen molar-refractivity contribution in [3.8, 4) is 0 Å². The summed E-state index contributed by atoms with van der Waals surface area (Å²) in [6, 6.07) is 5.79. The van der Waals surface area contributed by atoms with E-state index in [0.29, 0.717) is 6.04 Å². The first-order valence-electron chi connectivity index (χ1n) is 6.64. The third-order valence-electron chi connectivity index (χ3n) is 3.41. The maximum absolute atomic E-state index is 13.5. The largest absolute Gasteiger partial charge is 0.316 e. The minimum atomic E-state index is -0.113. The molecule has 18 heavy (non-hydrogen) atoms. The summed E-state index contributed by atoms with van der Waals surface area (Å²) in [7, 11) is 0. The van der Waals surface area contributed by atoms with Gasteiger partial charge in [0.1, 0.15) is 5.82 Å². The van der Waals surface area contributed by atoms with Crippen LogP contribution in [0.4, 0.5) is 4.39 Å². The van der Waals surface area contributed by atoms with Gasteiger partial charge in [-0.1, -0.05) is 15.9 Å². The number of nitrogens with one attached hydrogen (secondary N) is 2. The van der Waals surface area contributed by atoms with Crippen molar-refractivity contribution >= 4 is 15.9 Å². The molecule has 1 fully saturated rings. The standard InChI is InChI=1S/C14H20BrFN2/c15-12-3-4-14(16)11(10-12)5-8-17-9-6-13-2-1-7-18-13/h3-4,10,13,17-18H,1-2,5-9H2. The maximum Gasteiger partial charge on any atom is 0.126 e. The van der Waals surface area contributed by atoms with Crippen molar-refractivity contribution in [2.24, 2.45) is 0 Å². The summed E-state index contributed by atoms with van der Waals surface area (Å²) in [5, 5.41) is 6.86. The normalized spacial score (nSPS) is 19.3. The lowest BCUT2D eigenvalue weighted by molar-refractivity contribution is 0.522. The molecule has 100 valence electrons. The summed E-state index contributed by atoms with van der Waals surface area (Å²) >= 11 is 3.37. The van der Waals surface area contributed by atoms with Crippen molar-refractivity contribution in [1.82, 2.24) is 10.6 Å². The van der Waals surface area contributed by atoms with Gasteiger partial charge in [-0.05, 0) is 69.1 Å². The molecule has 1 unspecified atom stereocenters. The molecule has 1 atom stereocenters. The average molecular weight is 315 g/mol. The Balaban J connectivity index is 1.64. The molecular weight excluding hydrogens is 295 g/mol. The van der Waals surface area contributed by atoms with Crippen LogP contribution < -0.4 is 10.6 Å². The first-order chi connectivity index (χ1) is 8.75. The first kappa shape index (κ1) is 14.0. The zero-order valence-corrected chi connectivity index (χ0v) is 12.1. The minimum Gasteiger partial charge on any atom is -0.316 e. The van der Waals surface area contributed by atoms with Crippen LogP contribution in [0.5, 0.6) is 0 Å². The second-order valence-corrected chi connectivity index (χ2v) is 5.73. The molecule has 0 saturated carbocycles. The highest BCUT2D eigenvalue weighted by Gasteiger charge is 2.12. The van der Waals surface area contributed by atoms with Crippen LogP contribution in [-0.2, 0) is 6.42 Å². The molecule has 4 heteroatoms. The van der Waals surface area contributed by atoms with E-state index in [2.05, 4.69) is 26.6 Å². The molecule has 2 rings (SSSR count). The molecule has 2 N–H and O–H groups in total. The molecule has 1 aromatic rings. The predicted octanol–water partition coefficient (Wildman–Crippen LogP) is 2.86. The Kier molecular flexibility index (Phi) is 5.60. The van der Waals surface area contributed by atoms with Gasteiger partial charge in [-0.25, -0.2) is 4.39 Å². The monoisotopic (exact) mass is 314 g/mol. The third kappa shape index (κ3) is 4.34. The van der Waals surface area contributed by atoms with E-state index in [-0.39, 0.29) is 5.82 Å². The van der Waals surface area contributed by atoms with Crippen LogP contribution in [0.15, 0.2) is 22.7 Å². The highest BCUT2D eigenvalue weighted by atomic mass is 79.9. The fraction of sp³-hybridized carbons (Fsp3) is 0.571. The summed E-state index contributed by atoms with van der Waals surface area (Å²) in [6.45, 7) is 3.00. The molecule has 1 heterocycles. The second kappa shape index (κ2) is 7.22. The molecule has 0 radical (unpaired) electrons. The summed E-state index contributed by atoms with van der Waals surface area (Å²) in [6.07, 6.45) is 4.50. The van der Waals surface area contributed by atoms with Crippen LogP contribution >= 0.6 is 15.9 Å². The Labute approximate surface area is 116 Å². The average Bonchev–Trinajstić information content (AvgIpc) is 2.86. The first-order valence-corrected chi connectivity index (χ1v) is 7.43. The van der Waals surface area contributed by atoms with Crippen molar-refractivity contribution in [3.63, 3.8) is 0 Å². The van der Waals surface area contributed by atoms with Gasteiger partial charge in [-0.2, -0.15) is 0 Å². The fourth-order valence-corrected chi connectivity index (χ4v) is 2.77. The van der Waals surface area contributed by atoms with E-state index in [1.165, 1.54) is 25.3 Å². The lowest BCUT2D eigenvalue weighted by atomic mass is 10.1. The van der Waals surface area contributed by atoms with E-state index in [1.54, 1.807) is 6.07 Å². The van der Waals surface area contributed by atoms with Gasteiger partial charge in [0, 0.05) is 10.5 Å². The number of halogens is 2. The smallest absolute Gasteiger partial charge is 0.126 e. The fourth-order valence-electron chi connectivity index (χ4n) is 2.36. The van der Waals surface area contributed by atoms with Gasteiger partial charge in [-0.3, -0.25) is 0 Å². The summed E-state index contributed by atoms with van der Waals surface area (Å²) in [4.78, 5) is 0. The maximum atomic E-state index is 13.5. The minimum absolute atomic E-state index is 0.113. The van der Waals surface area contributed by atoms with E-state index in [1.807, 2.05) is 6.07 Å². The van der Waals surface area contributed by atoms with Crippen LogP contribution in [0.2, 0.25) is 0 Å². The van der Waals surface area contributed by atoms with Crippen LogP contribution in [0.1, 0.15) is 24.8 Å². The van der Waals surface area contributed by atoms with Gasteiger partial charge >= 0.3 is 0 Å². The topological polar surface area (TPSA) is 24.1 Å². The molecule has 0 bridgehead atoms. The van der Waals surface area contributed by atoms with Crippen LogP contribution in [0.3, 0.4) is 0 Å². The molecule has 1 aliphatic rings. The summed E-state index contributed by atoms with van der Waals surface area (Å²) in [5.74, 6) is -0.113. The Bertz CT molecular complexity index is 378. The third-order valence-corrected chi connectivity index (χ3v) is 3.90. The Hall–Kier alpha value is -0.450. The zero-order chi connectivity index (χ0) is 12.8. The van der Waals surface area contributed by atoms with Crippen molar-refractivity contribution < 1.29 is 4.39 Å². The lowest BCUT2D eigenvalue weighted by Gasteiger charge is -2.11. The Morgan fingerprint density at radius 2 is 2.28 bits per heavy atom. The number of benzene rings is 1. The van der Waals surface area contributed by atoms with Crippen molar-refractivity contribution in [2.45, 2.75) is 31.7 Å². The van der Waals surface area contributed by atoms with Crippen LogP contribution in [0.25, 0.3) is 0 Å². The van der Waals surface area contributed by atoms with Gasteiger partial charge in [0.2, 0.25) is 0 Å². The Morgan fingerprint density at radius 1 is 1.39 bits per heavy atom. The summed E-state index contributed by atoms with van der Waals surface area (Å²) in [5.41, 5.74) is 0.774. The van der Waals surface area contributed by atoms with Crippen LogP contribution in [-0.4, -0.2) is 25.7 Å². The van der Waals surface area contributed by atoms with Crippen LogP contribution in [0, 0.1) is 5.82 Å². The Morgan fingerprint density at radius 3 is 3.06 bits per heavy atom. The van der Waals surface area contributed by atoms with Gasteiger partial charge < -0.3 is 10.6 Å². The lowest BCUT2D eigenvalue weighted by Crippen LogP contribution is -2.28. The molecule has 1 saturated heterocycles. The van der Waals surface area contributed by atoms with Crippen molar-refractivity contribution in [1.29, 1.82) is 0 Å². The molecule has 0 amide bonds.